The topological polar surface area (TPSA) is 12.0 Å². The molecule has 0 saturated heterocycles. The minimum atomic E-state index is 0.623. The zero-order valence-corrected chi connectivity index (χ0v) is 11.1. The van der Waals surface area contributed by atoms with Gasteiger partial charge < -0.3 is 5.32 Å². The molecule has 0 radical (unpaired) electrons. The van der Waals surface area contributed by atoms with Crippen molar-refractivity contribution in [2.45, 2.75) is 71.8 Å². The minimum Gasteiger partial charge on any atom is -0.316 e. The Bertz CT molecular complexity index is 170. The largest absolute Gasteiger partial charge is 0.316 e. The van der Waals surface area contributed by atoms with Gasteiger partial charge in [-0.05, 0) is 44.1 Å². The highest BCUT2D eigenvalue weighted by Gasteiger charge is 2.39. The van der Waals surface area contributed by atoms with Crippen LogP contribution in [0.25, 0.3) is 0 Å². The lowest BCUT2D eigenvalue weighted by Crippen LogP contribution is -2.42. The summed E-state index contributed by atoms with van der Waals surface area (Å²) in [7, 11) is 2.16. The maximum atomic E-state index is 3.60. The third-order valence-corrected chi connectivity index (χ3v) is 4.73. The predicted molar refractivity (Wildman–Crippen MR) is 68.1 cm³/mol. The molecule has 1 heteroatoms. The van der Waals surface area contributed by atoms with Crippen LogP contribution in [0.3, 0.4) is 0 Å². The van der Waals surface area contributed by atoms with Gasteiger partial charge in [-0.2, -0.15) is 0 Å². The van der Waals surface area contributed by atoms with Gasteiger partial charge in [-0.1, -0.05) is 40.0 Å². The molecule has 1 N–H and O–H groups in total. The van der Waals surface area contributed by atoms with Gasteiger partial charge in [0.15, 0.2) is 0 Å². The summed E-state index contributed by atoms with van der Waals surface area (Å²) >= 11 is 0. The molecular weight excluding hydrogens is 182 g/mol. The van der Waals surface area contributed by atoms with Crippen molar-refractivity contribution in [1.29, 1.82) is 0 Å². The van der Waals surface area contributed by atoms with E-state index in [0.717, 1.165) is 12.0 Å². The second-order valence-corrected chi connectivity index (χ2v) is 5.51. The van der Waals surface area contributed by atoms with Crippen LogP contribution in [0, 0.1) is 11.3 Å². The van der Waals surface area contributed by atoms with Crippen LogP contribution in [-0.2, 0) is 0 Å². The highest BCUT2D eigenvalue weighted by atomic mass is 14.9. The first-order valence-corrected chi connectivity index (χ1v) is 6.85. The molecule has 0 spiro atoms. The van der Waals surface area contributed by atoms with Crippen LogP contribution >= 0.6 is 0 Å². The first kappa shape index (κ1) is 13.0. The van der Waals surface area contributed by atoms with Crippen molar-refractivity contribution in [3.8, 4) is 0 Å². The van der Waals surface area contributed by atoms with E-state index in [9.17, 15) is 0 Å². The van der Waals surface area contributed by atoms with Crippen molar-refractivity contribution >= 4 is 0 Å². The van der Waals surface area contributed by atoms with E-state index in [1.165, 1.54) is 44.9 Å². The highest BCUT2D eigenvalue weighted by Crippen LogP contribution is 2.45. The molecule has 1 rings (SSSR count). The maximum absolute atomic E-state index is 3.60. The molecule has 0 heterocycles. The summed E-state index contributed by atoms with van der Waals surface area (Å²) < 4.78 is 0. The van der Waals surface area contributed by atoms with Crippen LogP contribution in [-0.4, -0.2) is 13.1 Å². The van der Waals surface area contributed by atoms with Crippen molar-refractivity contribution in [2.75, 3.05) is 7.05 Å². The summed E-state index contributed by atoms with van der Waals surface area (Å²) in [6.45, 7) is 7.08. The van der Waals surface area contributed by atoms with E-state index >= 15 is 0 Å². The zero-order chi connectivity index (χ0) is 11.3. The van der Waals surface area contributed by atoms with Gasteiger partial charge in [0.2, 0.25) is 0 Å². The smallest absolute Gasteiger partial charge is 0.0123 e. The van der Waals surface area contributed by atoms with Gasteiger partial charge in [-0.3, -0.25) is 0 Å². The van der Waals surface area contributed by atoms with Crippen molar-refractivity contribution < 1.29 is 0 Å². The molecule has 1 fully saturated rings. The van der Waals surface area contributed by atoms with E-state index in [-0.39, 0.29) is 0 Å². The normalized spacial score (nSPS) is 24.0. The van der Waals surface area contributed by atoms with Crippen LogP contribution in [0.5, 0.6) is 0 Å². The van der Waals surface area contributed by atoms with Crippen LogP contribution in [0.1, 0.15) is 65.7 Å². The molecule has 0 bridgehead atoms. The number of hydrogen-bond acceptors (Lipinski definition) is 1. The summed E-state index contributed by atoms with van der Waals surface area (Å²) in [6, 6.07) is 0.750. The molecule has 90 valence electrons. The minimum absolute atomic E-state index is 0.623. The number of hydrogen-bond donors (Lipinski definition) is 1. The Morgan fingerprint density at radius 3 is 2.20 bits per heavy atom. The fourth-order valence-corrected chi connectivity index (χ4v) is 3.27. The molecule has 0 aromatic carbocycles. The molecule has 0 amide bonds. The Hall–Kier alpha value is -0.0400. The van der Waals surface area contributed by atoms with Crippen LogP contribution < -0.4 is 5.32 Å². The molecule has 1 aliphatic carbocycles. The Balaban J connectivity index is 2.62. The maximum Gasteiger partial charge on any atom is 0.0123 e. The van der Waals surface area contributed by atoms with Crippen molar-refractivity contribution in [3.63, 3.8) is 0 Å². The highest BCUT2D eigenvalue weighted by molar-refractivity contribution is 4.93. The molecule has 15 heavy (non-hydrogen) atoms. The summed E-state index contributed by atoms with van der Waals surface area (Å²) in [6.07, 6.45) is 9.84. The fourth-order valence-electron chi connectivity index (χ4n) is 3.27. The quantitative estimate of drug-likeness (QED) is 0.700. The predicted octanol–water partition coefficient (Wildman–Crippen LogP) is 3.98. The van der Waals surface area contributed by atoms with Gasteiger partial charge in [0.05, 0.1) is 0 Å². The zero-order valence-electron chi connectivity index (χ0n) is 11.1. The second kappa shape index (κ2) is 5.89. The van der Waals surface area contributed by atoms with E-state index in [1.54, 1.807) is 0 Å². The van der Waals surface area contributed by atoms with Gasteiger partial charge in [0, 0.05) is 6.04 Å². The van der Waals surface area contributed by atoms with Gasteiger partial charge >= 0.3 is 0 Å². The summed E-state index contributed by atoms with van der Waals surface area (Å²) in [4.78, 5) is 0. The average molecular weight is 211 g/mol. The van der Waals surface area contributed by atoms with E-state index in [2.05, 4.69) is 33.1 Å². The summed E-state index contributed by atoms with van der Waals surface area (Å²) in [5.41, 5.74) is 0.623. The van der Waals surface area contributed by atoms with Crippen LogP contribution in [0.2, 0.25) is 0 Å². The molecule has 1 saturated carbocycles. The second-order valence-electron chi connectivity index (χ2n) is 5.51. The summed E-state index contributed by atoms with van der Waals surface area (Å²) in [5, 5.41) is 3.60. The SMILES string of the molecule is CCC(C)CC(NC)C1(CC)CCCC1. The first-order chi connectivity index (χ1) is 7.18. The lowest BCUT2D eigenvalue weighted by Gasteiger charge is -2.38. The molecule has 2 atom stereocenters. The standard InChI is InChI=1S/C14H29N/c1-5-12(3)11-13(15-4)14(6-2)9-7-8-10-14/h12-13,15H,5-11H2,1-4H3. The summed E-state index contributed by atoms with van der Waals surface area (Å²) in [5.74, 6) is 0.867. The molecule has 0 aromatic heterocycles. The molecule has 2 unspecified atom stereocenters. The van der Waals surface area contributed by atoms with Gasteiger partial charge in [-0.15, -0.1) is 0 Å². The van der Waals surface area contributed by atoms with E-state index in [4.69, 9.17) is 0 Å². The third-order valence-electron chi connectivity index (χ3n) is 4.73. The van der Waals surface area contributed by atoms with E-state index in [1.807, 2.05) is 0 Å². The number of rotatable bonds is 6. The lowest BCUT2D eigenvalue weighted by atomic mass is 9.73. The number of nitrogens with one attached hydrogen (secondary N) is 1. The van der Waals surface area contributed by atoms with Crippen molar-refractivity contribution in [1.82, 2.24) is 5.32 Å². The van der Waals surface area contributed by atoms with Crippen molar-refractivity contribution in [3.05, 3.63) is 0 Å². The Labute approximate surface area is 96.0 Å². The van der Waals surface area contributed by atoms with Gasteiger partial charge in [0.1, 0.15) is 0 Å². The lowest BCUT2D eigenvalue weighted by molar-refractivity contribution is 0.167. The first-order valence-electron chi connectivity index (χ1n) is 6.85. The van der Waals surface area contributed by atoms with Gasteiger partial charge in [0.25, 0.3) is 0 Å². The third kappa shape index (κ3) is 2.96. The Kier molecular flexibility index (Phi) is 5.11. The van der Waals surface area contributed by atoms with Crippen molar-refractivity contribution in [2.24, 2.45) is 11.3 Å². The van der Waals surface area contributed by atoms with E-state index in [0.29, 0.717) is 5.41 Å². The van der Waals surface area contributed by atoms with E-state index < -0.39 is 0 Å². The Morgan fingerprint density at radius 1 is 1.20 bits per heavy atom. The average Bonchev–Trinajstić information content (AvgIpc) is 2.75. The Morgan fingerprint density at radius 2 is 1.80 bits per heavy atom. The molecule has 1 aliphatic rings. The fraction of sp³-hybridized carbons (Fsp3) is 1.00. The molecule has 1 nitrogen and oxygen atoms in total. The molecule has 0 aliphatic heterocycles. The molecule has 0 aromatic rings. The monoisotopic (exact) mass is 211 g/mol. The molecular formula is C14H29N. The van der Waals surface area contributed by atoms with Crippen LogP contribution in [0.15, 0.2) is 0 Å². The van der Waals surface area contributed by atoms with Crippen LogP contribution in [0.4, 0.5) is 0 Å². The van der Waals surface area contributed by atoms with Gasteiger partial charge in [-0.25, -0.2) is 0 Å².